The topological polar surface area (TPSA) is 60.8 Å². The van der Waals surface area contributed by atoms with Gasteiger partial charge in [0.25, 0.3) is 0 Å². The lowest BCUT2D eigenvalue weighted by Gasteiger charge is -2.38. The molecule has 2 rings (SSSR count). The minimum Gasteiger partial charge on any atom is -0.481 e. The van der Waals surface area contributed by atoms with Gasteiger partial charge < -0.3 is 10.2 Å². The number of aliphatic carboxylic acids is 1. The molecule has 2 bridgehead atoms. The van der Waals surface area contributed by atoms with E-state index >= 15 is 0 Å². The van der Waals surface area contributed by atoms with Crippen molar-refractivity contribution in [1.82, 2.24) is 4.90 Å². The summed E-state index contributed by atoms with van der Waals surface area (Å²) in [6.45, 7) is 1.48. The number of carbonyl (C=O) groups is 1. The van der Waals surface area contributed by atoms with Gasteiger partial charge >= 0.3 is 5.97 Å². The van der Waals surface area contributed by atoms with E-state index in [1.54, 1.807) is 0 Å². The molecule has 0 aromatic rings. The first kappa shape index (κ1) is 14.8. The lowest BCUT2D eigenvalue weighted by Crippen LogP contribution is -2.43. The molecule has 4 heteroatoms. The zero-order chi connectivity index (χ0) is 13.7. The first-order valence-electron chi connectivity index (χ1n) is 7.79. The van der Waals surface area contributed by atoms with Gasteiger partial charge in [-0.05, 0) is 51.0 Å². The van der Waals surface area contributed by atoms with Crippen LogP contribution < -0.4 is 0 Å². The van der Waals surface area contributed by atoms with Crippen LogP contribution in [0.3, 0.4) is 0 Å². The molecule has 0 saturated carbocycles. The summed E-state index contributed by atoms with van der Waals surface area (Å²) in [5.41, 5.74) is 0. The van der Waals surface area contributed by atoms with Gasteiger partial charge in [-0.1, -0.05) is 12.8 Å². The Kier molecular flexibility index (Phi) is 5.64. The third kappa shape index (κ3) is 4.18. The Labute approximate surface area is 115 Å². The van der Waals surface area contributed by atoms with E-state index in [9.17, 15) is 4.79 Å². The predicted octanol–water partition coefficient (Wildman–Crippen LogP) is 2.26. The highest BCUT2D eigenvalue weighted by atomic mass is 16.4. The van der Waals surface area contributed by atoms with E-state index in [1.807, 2.05) is 0 Å². The second kappa shape index (κ2) is 7.25. The van der Waals surface area contributed by atoms with Crippen LogP contribution in [0.2, 0.25) is 0 Å². The van der Waals surface area contributed by atoms with Crippen LogP contribution in [0.25, 0.3) is 0 Å². The monoisotopic (exact) mass is 269 g/mol. The maximum Gasteiger partial charge on any atom is 0.303 e. The average Bonchev–Trinajstić information content (AvgIpc) is 2.59. The summed E-state index contributed by atoms with van der Waals surface area (Å²) in [6.07, 6.45) is 9.52. The summed E-state index contributed by atoms with van der Waals surface area (Å²) in [6, 6.07) is 1.28. The molecule has 0 aromatic carbocycles. The van der Waals surface area contributed by atoms with Crippen molar-refractivity contribution in [1.29, 1.82) is 0 Å². The van der Waals surface area contributed by atoms with Gasteiger partial charge in [0, 0.05) is 25.1 Å². The molecule has 0 aliphatic carbocycles. The van der Waals surface area contributed by atoms with E-state index in [-0.39, 0.29) is 0 Å². The third-order valence-electron chi connectivity index (χ3n) is 4.77. The summed E-state index contributed by atoms with van der Waals surface area (Å²) in [7, 11) is 0. The minimum atomic E-state index is -0.637. The van der Waals surface area contributed by atoms with Crippen LogP contribution in [-0.4, -0.2) is 46.3 Å². The molecule has 2 aliphatic rings. The smallest absolute Gasteiger partial charge is 0.303 e. The minimum absolute atomic E-state index is 0.311. The van der Waals surface area contributed by atoms with Crippen LogP contribution in [0, 0.1) is 5.92 Å². The number of aliphatic hydroxyl groups excluding tert-OH is 1. The highest BCUT2D eigenvalue weighted by Crippen LogP contribution is 2.39. The van der Waals surface area contributed by atoms with Gasteiger partial charge in [-0.25, -0.2) is 0 Å². The van der Waals surface area contributed by atoms with Crippen LogP contribution in [0.1, 0.15) is 57.8 Å². The Hall–Kier alpha value is -0.610. The van der Waals surface area contributed by atoms with Crippen LogP contribution in [-0.2, 0) is 4.79 Å². The molecule has 4 nitrogen and oxygen atoms in total. The standard InChI is InChI=1S/C15H27NO3/c17-8-4-2-1-3-7-16-13-5-6-14(16)10-12(9-13)11-15(18)19/h12-14,17H,1-11H2,(H,18,19). The fourth-order valence-corrected chi connectivity index (χ4v) is 3.93. The molecule has 0 radical (unpaired) electrons. The highest BCUT2D eigenvalue weighted by molar-refractivity contribution is 5.67. The second-order valence-electron chi connectivity index (χ2n) is 6.20. The van der Waals surface area contributed by atoms with Crippen molar-refractivity contribution >= 4 is 5.97 Å². The number of carboxylic acid groups (broad SMARTS) is 1. The van der Waals surface area contributed by atoms with E-state index in [0.29, 0.717) is 31.0 Å². The van der Waals surface area contributed by atoms with Crippen molar-refractivity contribution in [3.63, 3.8) is 0 Å². The van der Waals surface area contributed by atoms with E-state index in [2.05, 4.69) is 4.90 Å². The summed E-state index contributed by atoms with van der Waals surface area (Å²) >= 11 is 0. The maximum absolute atomic E-state index is 10.8. The van der Waals surface area contributed by atoms with Crippen LogP contribution in [0.5, 0.6) is 0 Å². The predicted molar refractivity (Wildman–Crippen MR) is 74.0 cm³/mol. The zero-order valence-electron chi connectivity index (χ0n) is 11.8. The average molecular weight is 269 g/mol. The highest BCUT2D eigenvalue weighted by Gasteiger charge is 2.40. The normalized spacial score (nSPS) is 30.7. The SMILES string of the molecule is O=C(O)CC1CC2CCC(C1)N2CCCCCCO. The summed E-state index contributed by atoms with van der Waals surface area (Å²) in [5, 5.41) is 17.7. The lowest BCUT2D eigenvalue weighted by molar-refractivity contribution is -0.138. The van der Waals surface area contributed by atoms with Gasteiger partial charge in [-0.15, -0.1) is 0 Å². The van der Waals surface area contributed by atoms with Crippen molar-refractivity contribution in [3.8, 4) is 0 Å². The van der Waals surface area contributed by atoms with Gasteiger partial charge in [0.2, 0.25) is 0 Å². The van der Waals surface area contributed by atoms with Crippen molar-refractivity contribution in [2.75, 3.05) is 13.2 Å². The molecule has 2 heterocycles. The third-order valence-corrected chi connectivity index (χ3v) is 4.77. The molecule has 0 aromatic heterocycles. The Bertz CT molecular complexity index is 281. The number of piperidine rings is 1. The van der Waals surface area contributed by atoms with Crippen LogP contribution in [0.15, 0.2) is 0 Å². The van der Waals surface area contributed by atoms with Crippen molar-refractivity contribution in [2.45, 2.75) is 69.9 Å². The number of carboxylic acids is 1. The number of unbranched alkanes of at least 4 members (excludes halogenated alkanes) is 3. The first-order chi connectivity index (χ1) is 9.20. The summed E-state index contributed by atoms with van der Waals surface area (Å²) < 4.78 is 0. The molecule has 2 aliphatic heterocycles. The maximum atomic E-state index is 10.8. The Morgan fingerprint density at radius 1 is 1.05 bits per heavy atom. The Balaban J connectivity index is 1.71. The molecule has 2 atom stereocenters. The quantitative estimate of drug-likeness (QED) is 0.664. The second-order valence-corrected chi connectivity index (χ2v) is 6.20. The van der Waals surface area contributed by atoms with Crippen LogP contribution in [0.4, 0.5) is 0 Å². The van der Waals surface area contributed by atoms with E-state index in [1.165, 1.54) is 32.2 Å². The van der Waals surface area contributed by atoms with Gasteiger partial charge in [0.15, 0.2) is 0 Å². The number of hydrogen-bond acceptors (Lipinski definition) is 3. The fourth-order valence-electron chi connectivity index (χ4n) is 3.93. The van der Waals surface area contributed by atoms with Crippen molar-refractivity contribution in [2.24, 2.45) is 5.92 Å². The Morgan fingerprint density at radius 3 is 2.26 bits per heavy atom. The van der Waals surface area contributed by atoms with Crippen LogP contribution >= 0.6 is 0 Å². The number of nitrogens with zero attached hydrogens (tertiary/aromatic N) is 1. The van der Waals surface area contributed by atoms with Crippen molar-refractivity contribution < 1.29 is 15.0 Å². The van der Waals surface area contributed by atoms with E-state index < -0.39 is 5.97 Å². The first-order valence-corrected chi connectivity index (χ1v) is 7.79. The number of rotatable bonds is 8. The molecule has 2 fully saturated rings. The summed E-state index contributed by atoms with van der Waals surface area (Å²) in [5.74, 6) is -0.234. The fraction of sp³-hybridized carbons (Fsp3) is 0.933. The van der Waals surface area contributed by atoms with Gasteiger partial charge in [-0.3, -0.25) is 9.69 Å². The number of aliphatic hydroxyl groups is 1. The number of hydrogen-bond donors (Lipinski definition) is 2. The van der Waals surface area contributed by atoms with E-state index in [0.717, 1.165) is 25.7 Å². The van der Waals surface area contributed by atoms with E-state index in [4.69, 9.17) is 10.2 Å². The Morgan fingerprint density at radius 2 is 1.68 bits per heavy atom. The molecule has 2 N–H and O–H groups in total. The lowest BCUT2D eigenvalue weighted by atomic mass is 9.88. The summed E-state index contributed by atoms with van der Waals surface area (Å²) in [4.78, 5) is 13.5. The van der Waals surface area contributed by atoms with Crippen molar-refractivity contribution in [3.05, 3.63) is 0 Å². The number of fused-ring (bicyclic) bond motifs is 2. The molecule has 2 saturated heterocycles. The molecule has 0 amide bonds. The molecule has 0 spiro atoms. The van der Waals surface area contributed by atoms with Gasteiger partial charge in [0.05, 0.1) is 0 Å². The molecule has 19 heavy (non-hydrogen) atoms. The van der Waals surface area contributed by atoms with Gasteiger partial charge in [-0.2, -0.15) is 0 Å². The molecule has 2 unspecified atom stereocenters. The molecular formula is C15H27NO3. The zero-order valence-corrected chi connectivity index (χ0v) is 11.8. The largest absolute Gasteiger partial charge is 0.481 e. The molecule has 110 valence electrons. The van der Waals surface area contributed by atoms with Gasteiger partial charge in [0.1, 0.15) is 0 Å². The molecular weight excluding hydrogens is 242 g/mol.